The number of rotatable bonds is 4. The Morgan fingerprint density at radius 2 is 2.10 bits per heavy atom. The average Bonchev–Trinajstić information content (AvgIpc) is 2.80. The molecule has 0 fully saturated rings. The van der Waals surface area contributed by atoms with Gasteiger partial charge in [0.25, 0.3) is 0 Å². The van der Waals surface area contributed by atoms with Gasteiger partial charge in [0.1, 0.15) is 0 Å². The van der Waals surface area contributed by atoms with Gasteiger partial charge in [-0.3, -0.25) is 0 Å². The first-order chi connectivity index (χ1) is 9.41. The molecule has 0 bridgehead atoms. The standard InChI is InChI=1S/C13H17N5O2/c1-7(2)11(13(19)20)18-12(15-16-17-18)9-5-4-8(3)10(14)6-9/h4-7,11H,14H2,1-3H3,(H,19,20). The van der Waals surface area contributed by atoms with Gasteiger partial charge in [0.15, 0.2) is 11.9 Å². The smallest absolute Gasteiger partial charge is 0.328 e. The molecule has 0 amide bonds. The Hall–Kier alpha value is -2.44. The summed E-state index contributed by atoms with van der Waals surface area (Å²) < 4.78 is 1.33. The Morgan fingerprint density at radius 3 is 2.65 bits per heavy atom. The van der Waals surface area contributed by atoms with Crippen LogP contribution in [0.4, 0.5) is 5.69 Å². The molecule has 0 aliphatic carbocycles. The van der Waals surface area contributed by atoms with Gasteiger partial charge in [-0.2, -0.15) is 0 Å². The van der Waals surface area contributed by atoms with Gasteiger partial charge in [0.05, 0.1) is 0 Å². The number of anilines is 1. The molecule has 0 aliphatic heterocycles. The van der Waals surface area contributed by atoms with Crippen molar-refractivity contribution < 1.29 is 9.90 Å². The van der Waals surface area contributed by atoms with E-state index < -0.39 is 12.0 Å². The lowest BCUT2D eigenvalue weighted by molar-refractivity contribution is -0.142. The van der Waals surface area contributed by atoms with Crippen LogP contribution in [0.1, 0.15) is 25.5 Å². The summed E-state index contributed by atoms with van der Waals surface area (Å²) in [4.78, 5) is 11.4. The van der Waals surface area contributed by atoms with Gasteiger partial charge < -0.3 is 10.8 Å². The largest absolute Gasteiger partial charge is 0.480 e. The molecule has 1 unspecified atom stereocenters. The molecule has 0 aliphatic rings. The van der Waals surface area contributed by atoms with Crippen LogP contribution in [-0.2, 0) is 4.79 Å². The van der Waals surface area contributed by atoms with Gasteiger partial charge in [-0.25, -0.2) is 9.48 Å². The highest BCUT2D eigenvalue weighted by molar-refractivity contribution is 5.73. The van der Waals surface area contributed by atoms with Crippen LogP contribution in [0.15, 0.2) is 18.2 Å². The number of carboxylic acid groups (broad SMARTS) is 1. The van der Waals surface area contributed by atoms with E-state index in [2.05, 4.69) is 15.5 Å². The number of aryl methyl sites for hydroxylation is 1. The molecule has 7 nitrogen and oxygen atoms in total. The van der Waals surface area contributed by atoms with Gasteiger partial charge in [-0.05, 0) is 34.9 Å². The zero-order valence-corrected chi connectivity index (χ0v) is 11.6. The summed E-state index contributed by atoms with van der Waals surface area (Å²) in [5.41, 5.74) is 8.15. The van der Waals surface area contributed by atoms with Crippen molar-refractivity contribution >= 4 is 11.7 Å². The van der Waals surface area contributed by atoms with E-state index in [1.807, 2.05) is 32.9 Å². The second kappa shape index (κ2) is 5.28. The average molecular weight is 275 g/mol. The number of aliphatic carboxylic acids is 1. The SMILES string of the molecule is Cc1ccc(-c2nnnn2C(C(=O)O)C(C)C)cc1N. The number of aromatic nitrogens is 4. The number of nitrogens with zero attached hydrogens (tertiary/aromatic N) is 4. The van der Waals surface area contributed by atoms with Crippen LogP contribution < -0.4 is 5.73 Å². The molecule has 1 aromatic carbocycles. The zero-order valence-electron chi connectivity index (χ0n) is 11.6. The predicted molar refractivity (Wildman–Crippen MR) is 73.9 cm³/mol. The van der Waals surface area contributed by atoms with Gasteiger partial charge in [0, 0.05) is 11.3 Å². The van der Waals surface area contributed by atoms with Crippen LogP contribution in [0.2, 0.25) is 0 Å². The highest BCUT2D eigenvalue weighted by Crippen LogP contribution is 2.26. The molecule has 1 atom stereocenters. The van der Waals surface area contributed by atoms with E-state index in [4.69, 9.17) is 5.73 Å². The van der Waals surface area contributed by atoms with Crippen LogP contribution >= 0.6 is 0 Å². The predicted octanol–water partition coefficient (Wildman–Crippen LogP) is 1.51. The number of hydrogen-bond acceptors (Lipinski definition) is 5. The summed E-state index contributed by atoms with van der Waals surface area (Å²) in [7, 11) is 0. The first-order valence-electron chi connectivity index (χ1n) is 6.29. The van der Waals surface area contributed by atoms with Crippen molar-refractivity contribution in [1.82, 2.24) is 20.2 Å². The molecule has 1 heterocycles. The molecule has 0 spiro atoms. The minimum absolute atomic E-state index is 0.141. The van der Waals surface area contributed by atoms with Crippen LogP contribution in [0.3, 0.4) is 0 Å². The van der Waals surface area contributed by atoms with Crippen molar-refractivity contribution in [2.75, 3.05) is 5.73 Å². The number of tetrazole rings is 1. The van der Waals surface area contributed by atoms with Crippen molar-refractivity contribution in [2.24, 2.45) is 5.92 Å². The number of hydrogen-bond donors (Lipinski definition) is 2. The summed E-state index contributed by atoms with van der Waals surface area (Å²) in [6.45, 7) is 5.53. The number of carbonyl (C=O) groups is 1. The summed E-state index contributed by atoms with van der Waals surface area (Å²) in [5.74, 6) is -0.705. The van der Waals surface area contributed by atoms with E-state index in [1.54, 1.807) is 6.07 Å². The van der Waals surface area contributed by atoms with E-state index in [9.17, 15) is 9.90 Å². The highest BCUT2D eigenvalue weighted by atomic mass is 16.4. The van der Waals surface area contributed by atoms with Crippen molar-refractivity contribution in [3.8, 4) is 11.4 Å². The Morgan fingerprint density at radius 1 is 1.40 bits per heavy atom. The molecule has 1 aromatic heterocycles. The van der Waals surface area contributed by atoms with E-state index in [0.717, 1.165) is 5.56 Å². The third-order valence-corrected chi connectivity index (χ3v) is 3.18. The monoisotopic (exact) mass is 275 g/mol. The van der Waals surface area contributed by atoms with Crippen LogP contribution in [0, 0.1) is 12.8 Å². The first-order valence-corrected chi connectivity index (χ1v) is 6.29. The Balaban J connectivity index is 2.51. The van der Waals surface area contributed by atoms with E-state index >= 15 is 0 Å². The molecule has 0 radical (unpaired) electrons. The van der Waals surface area contributed by atoms with Crippen LogP contribution in [0.25, 0.3) is 11.4 Å². The molecule has 20 heavy (non-hydrogen) atoms. The molecule has 106 valence electrons. The summed E-state index contributed by atoms with van der Waals surface area (Å²) in [5, 5.41) is 20.7. The van der Waals surface area contributed by atoms with Crippen molar-refractivity contribution in [3.63, 3.8) is 0 Å². The third-order valence-electron chi connectivity index (χ3n) is 3.18. The number of carboxylic acids is 1. The molecular weight excluding hydrogens is 258 g/mol. The Kier molecular flexibility index (Phi) is 3.69. The molecule has 2 rings (SSSR count). The second-order valence-electron chi connectivity index (χ2n) is 5.05. The lowest BCUT2D eigenvalue weighted by Crippen LogP contribution is -2.26. The van der Waals surface area contributed by atoms with Gasteiger partial charge in [0.2, 0.25) is 0 Å². The number of nitrogen functional groups attached to an aromatic ring is 1. The fraction of sp³-hybridized carbons (Fsp3) is 0.385. The molecular formula is C13H17N5O2. The van der Waals surface area contributed by atoms with E-state index in [0.29, 0.717) is 17.1 Å². The van der Waals surface area contributed by atoms with Gasteiger partial charge in [-0.1, -0.05) is 26.0 Å². The maximum absolute atomic E-state index is 11.4. The van der Waals surface area contributed by atoms with E-state index in [1.165, 1.54) is 4.68 Å². The quantitative estimate of drug-likeness (QED) is 0.819. The number of nitrogens with two attached hydrogens (primary N) is 1. The maximum Gasteiger partial charge on any atom is 0.328 e. The van der Waals surface area contributed by atoms with Crippen molar-refractivity contribution in [1.29, 1.82) is 0 Å². The maximum atomic E-state index is 11.4. The summed E-state index contributed by atoms with van der Waals surface area (Å²) >= 11 is 0. The second-order valence-corrected chi connectivity index (χ2v) is 5.05. The van der Waals surface area contributed by atoms with Gasteiger partial charge >= 0.3 is 5.97 Å². The van der Waals surface area contributed by atoms with Crippen molar-refractivity contribution in [3.05, 3.63) is 23.8 Å². The van der Waals surface area contributed by atoms with E-state index in [-0.39, 0.29) is 5.92 Å². The topological polar surface area (TPSA) is 107 Å². The normalized spacial score (nSPS) is 12.6. The Bertz CT molecular complexity index is 635. The molecule has 2 aromatic rings. The molecule has 0 saturated carbocycles. The lowest BCUT2D eigenvalue weighted by atomic mass is 10.0. The molecule has 7 heteroatoms. The summed E-state index contributed by atoms with van der Waals surface area (Å²) in [6, 6.07) is 4.61. The third kappa shape index (κ3) is 2.47. The number of benzene rings is 1. The van der Waals surface area contributed by atoms with Crippen LogP contribution in [-0.4, -0.2) is 31.3 Å². The van der Waals surface area contributed by atoms with Gasteiger partial charge in [-0.15, -0.1) is 5.10 Å². The first kappa shape index (κ1) is 14.0. The Labute approximate surface area is 116 Å². The highest BCUT2D eigenvalue weighted by Gasteiger charge is 2.28. The zero-order chi connectivity index (χ0) is 14.9. The summed E-state index contributed by atoms with van der Waals surface area (Å²) in [6.07, 6.45) is 0. The molecule has 3 N–H and O–H groups in total. The minimum atomic E-state index is -0.964. The minimum Gasteiger partial charge on any atom is -0.480 e. The van der Waals surface area contributed by atoms with Crippen LogP contribution in [0.5, 0.6) is 0 Å². The molecule has 0 saturated heterocycles. The fourth-order valence-electron chi connectivity index (χ4n) is 2.02. The van der Waals surface area contributed by atoms with Crippen molar-refractivity contribution in [2.45, 2.75) is 26.8 Å². The fourth-order valence-corrected chi connectivity index (χ4v) is 2.02. The lowest BCUT2D eigenvalue weighted by Gasteiger charge is -2.17.